The van der Waals surface area contributed by atoms with E-state index >= 15 is 0 Å². The number of carbonyl (C=O) groups is 1. The van der Waals surface area contributed by atoms with Crippen LogP contribution in [0.3, 0.4) is 0 Å². The molecule has 98 valence electrons. The summed E-state index contributed by atoms with van der Waals surface area (Å²) in [7, 11) is 0. The minimum atomic E-state index is -0.0417. The molecule has 0 radical (unpaired) electrons. The van der Waals surface area contributed by atoms with Crippen LogP contribution in [0.2, 0.25) is 0 Å². The Kier molecular flexibility index (Phi) is 3.72. The van der Waals surface area contributed by atoms with E-state index in [1.165, 1.54) is 0 Å². The lowest BCUT2D eigenvalue weighted by atomic mass is 10.3. The Morgan fingerprint density at radius 2 is 2.22 bits per heavy atom. The molecule has 0 aromatic carbocycles. The first kappa shape index (κ1) is 12.3. The molecule has 1 atom stereocenters. The summed E-state index contributed by atoms with van der Waals surface area (Å²) in [5, 5.41) is 5.74. The summed E-state index contributed by atoms with van der Waals surface area (Å²) in [5.41, 5.74) is 2.34. The van der Waals surface area contributed by atoms with Crippen molar-refractivity contribution in [2.75, 3.05) is 23.9 Å². The molecule has 2 rings (SSSR count). The summed E-state index contributed by atoms with van der Waals surface area (Å²) in [6, 6.07) is 0.139. The number of nitrogen functional groups attached to an aromatic ring is 1. The molecule has 5 N–H and O–H groups in total. The predicted octanol–water partition coefficient (Wildman–Crippen LogP) is -1.14. The lowest BCUT2D eigenvalue weighted by Crippen LogP contribution is -2.24. The fraction of sp³-hybridized carbons (Fsp3) is 0.556. The van der Waals surface area contributed by atoms with Crippen molar-refractivity contribution < 1.29 is 9.53 Å². The molecule has 0 aliphatic carbocycles. The second-order valence-corrected chi connectivity index (χ2v) is 3.69. The molecule has 1 fully saturated rings. The number of hydrogen-bond acceptors (Lipinski definition) is 8. The van der Waals surface area contributed by atoms with Gasteiger partial charge in [-0.3, -0.25) is 10.2 Å². The van der Waals surface area contributed by atoms with Crippen LogP contribution in [-0.4, -0.2) is 40.1 Å². The number of hydrazine groups is 1. The lowest BCUT2D eigenvalue weighted by molar-refractivity contribution is -0.119. The smallest absolute Gasteiger partial charge is 0.323 e. The maximum atomic E-state index is 11.1. The zero-order valence-electron chi connectivity index (χ0n) is 9.93. The maximum Gasteiger partial charge on any atom is 0.323 e. The molecule has 0 bridgehead atoms. The normalized spacial score (nSPS) is 18.3. The minimum Gasteiger partial charge on any atom is -0.464 e. The third-order valence-corrected chi connectivity index (χ3v) is 2.33. The van der Waals surface area contributed by atoms with Crippen molar-refractivity contribution in [3.63, 3.8) is 0 Å². The Bertz CT molecular complexity index is 439. The van der Waals surface area contributed by atoms with Gasteiger partial charge in [-0.15, -0.1) is 0 Å². The number of rotatable bonds is 5. The van der Waals surface area contributed by atoms with Gasteiger partial charge in [-0.1, -0.05) is 0 Å². The van der Waals surface area contributed by atoms with Crippen molar-refractivity contribution in [1.29, 1.82) is 0 Å². The third-order valence-electron chi connectivity index (χ3n) is 2.33. The van der Waals surface area contributed by atoms with Crippen LogP contribution in [-0.2, 0) is 4.79 Å². The Morgan fingerprint density at radius 1 is 1.44 bits per heavy atom. The van der Waals surface area contributed by atoms with Crippen molar-refractivity contribution in [1.82, 2.24) is 20.3 Å². The summed E-state index contributed by atoms with van der Waals surface area (Å²) in [4.78, 5) is 23.1. The monoisotopic (exact) mass is 253 g/mol. The number of anilines is 2. The molecule has 1 aromatic heterocycles. The Labute approximate surface area is 104 Å². The average molecular weight is 253 g/mol. The number of carbonyl (C=O) groups excluding carboxylic acids is 1. The van der Waals surface area contributed by atoms with Crippen LogP contribution in [0.15, 0.2) is 0 Å². The van der Waals surface area contributed by atoms with Gasteiger partial charge in [0.1, 0.15) is 0 Å². The molecular formula is C9H15N7O2. The highest BCUT2D eigenvalue weighted by molar-refractivity contribution is 5.79. The van der Waals surface area contributed by atoms with Gasteiger partial charge in [0.2, 0.25) is 17.8 Å². The fourth-order valence-corrected chi connectivity index (χ4v) is 1.57. The molecular weight excluding hydrogens is 238 g/mol. The first-order chi connectivity index (χ1) is 8.71. The van der Waals surface area contributed by atoms with Gasteiger partial charge in [0.25, 0.3) is 0 Å². The molecule has 1 saturated heterocycles. The Morgan fingerprint density at radius 3 is 2.83 bits per heavy atom. The molecule has 1 aliphatic heterocycles. The quantitative estimate of drug-likeness (QED) is 0.383. The van der Waals surface area contributed by atoms with E-state index in [1.807, 2.05) is 6.92 Å². The zero-order chi connectivity index (χ0) is 13.0. The van der Waals surface area contributed by atoms with Gasteiger partial charge in [-0.25, -0.2) is 5.84 Å². The molecule has 0 spiro atoms. The van der Waals surface area contributed by atoms with Crippen LogP contribution >= 0.6 is 0 Å². The van der Waals surface area contributed by atoms with Gasteiger partial charge in [0.15, 0.2) is 0 Å². The van der Waals surface area contributed by atoms with Crippen LogP contribution < -0.4 is 26.6 Å². The highest BCUT2D eigenvalue weighted by Crippen LogP contribution is 2.13. The number of aromatic nitrogens is 3. The zero-order valence-corrected chi connectivity index (χ0v) is 9.93. The number of amides is 1. The maximum absolute atomic E-state index is 11.1. The van der Waals surface area contributed by atoms with E-state index in [4.69, 9.17) is 10.6 Å². The van der Waals surface area contributed by atoms with Crippen molar-refractivity contribution in [3.05, 3.63) is 0 Å². The van der Waals surface area contributed by atoms with E-state index in [0.29, 0.717) is 25.5 Å². The average Bonchev–Trinajstić information content (AvgIpc) is 2.75. The van der Waals surface area contributed by atoms with Crippen molar-refractivity contribution >= 4 is 17.8 Å². The molecule has 0 saturated carbocycles. The van der Waals surface area contributed by atoms with Gasteiger partial charge in [0, 0.05) is 13.0 Å². The fourth-order valence-electron chi connectivity index (χ4n) is 1.57. The molecule has 9 nitrogen and oxygen atoms in total. The standard InChI is InChI=1S/C9H15N7O2/c1-2-18-9-14-7(13-8(15-9)16-10)12-5-3-6(17)11-4-5/h5H,2-4,10H2,1H3,(H,11,17)(H2,12,13,14,15,16). The van der Waals surface area contributed by atoms with E-state index in [9.17, 15) is 4.79 Å². The number of nitrogens with two attached hydrogens (primary N) is 1. The second kappa shape index (κ2) is 5.45. The number of hydrogen-bond donors (Lipinski definition) is 4. The molecule has 9 heteroatoms. The van der Waals surface area contributed by atoms with Crippen LogP contribution in [0.5, 0.6) is 6.01 Å². The SMILES string of the molecule is CCOc1nc(NN)nc(NC2CNC(=O)C2)n1. The van der Waals surface area contributed by atoms with Gasteiger partial charge in [0.05, 0.1) is 12.6 Å². The number of ether oxygens (including phenoxy) is 1. The molecule has 1 aliphatic rings. The largest absolute Gasteiger partial charge is 0.464 e. The first-order valence-electron chi connectivity index (χ1n) is 5.60. The van der Waals surface area contributed by atoms with Crippen LogP contribution in [0.1, 0.15) is 13.3 Å². The summed E-state index contributed by atoms with van der Waals surface area (Å²) >= 11 is 0. The molecule has 2 heterocycles. The van der Waals surface area contributed by atoms with Crippen LogP contribution in [0, 0.1) is 0 Å². The van der Waals surface area contributed by atoms with E-state index < -0.39 is 0 Å². The topological polar surface area (TPSA) is 127 Å². The van der Waals surface area contributed by atoms with E-state index in [1.54, 1.807) is 0 Å². The van der Waals surface area contributed by atoms with Crippen molar-refractivity contribution in [3.8, 4) is 6.01 Å². The number of nitrogens with zero attached hydrogens (tertiary/aromatic N) is 3. The summed E-state index contributed by atoms with van der Waals surface area (Å²) in [5.74, 6) is 5.79. The van der Waals surface area contributed by atoms with Gasteiger partial charge in [-0.05, 0) is 6.92 Å². The molecule has 1 unspecified atom stereocenters. The van der Waals surface area contributed by atoms with E-state index in [-0.39, 0.29) is 23.9 Å². The lowest BCUT2D eigenvalue weighted by Gasteiger charge is -2.11. The molecule has 1 amide bonds. The molecule has 1 aromatic rings. The van der Waals surface area contributed by atoms with Gasteiger partial charge in [-0.2, -0.15) is 15.0 Å². The first-order valence-corrected chi connectivity index (χ1v) is 5.60. The van der Waals surface area contributed by atoms with E-state index in [0.717, 1.165) is 0 Å². The Hall–Kier alpha value is -2.16. The summed E-state index contributed by atoms with van der Waals surface area (Å²) < 4.78 is 5.19. The summed E-state index contributed by atoms with van der Waals surface area (Å²) in [6.45, 7) is 2.81. The second-order valence-electron chi connectivity index (χ2n) is 3.69. The summed E-state index contributed by atoms with van der Waals surface area (Å²) in [6.07, 6.45) is 0.390. The van der Waals surface area contributed by atoms with Gasteiger partial charge >= 0.3 is 6.01 Å². The van der Waals surface area contributed by atoms with Crippen molar-refractivity contribution in [2.45, 2.75) is 19.4 Å². The highest BCUT2D eigenvalue weighted by Gasteiger charge is 2.22. The Balaban J connectivity index is 2.10. The van der Waals surface area contributed by atoms with Gasteiger partial charge < -0.3 is 15.4 Å². The van der Waals surface area contributed by atoms with Crippen LogP contribution in [0.4, 0.5) is 11.9 Å². The van der Waals surface area contributed by atoms with Crippen molar-refractivity contribution in [2.24, 2.45) is 5.84 Å². The molecule has 18 heavy (non-hydrogen) atoms. The highest BCUT2D eigenvalue weighted by atomic mass is 16.5. The minimum absolute atomic E-state index is 0.00348. The third kappa shape index (κ3) is 2.94. The number of nitrogens with one attached hydrogen (secondary N) is 3. The predicted molar refractivity (Wildman–Crippen MR) is 63.8 cm³/mol. The van der Waals surface area contributed by atoms with E-state index in [2.05, 4.69) is 31.0 Å². The van der Waals surface area contributed by atoms with Crippen LogP contribution in [0.25, 0.3) is 0 Å².